The number of fused-ring (bicyclic) bond motifs is 1. The van der Waals surface area contributed by atoms with Crippen LogP contribution in [-0.4, -0.2) is 19.6 Å². The number of hydrogen-bond acceptors (Lipinski definition) is 3. The standard InChI is InChI=1S/C65H59N3O/c1-42(2)48-31-32-59(55(38-48)47-23-16-11-17-24-47)68-60-26-18-25-54(61(60)67-63(68)56-40-53(64(3,4)5)41-57(62(56)69)65(6,7)8)51-35-50(44-21-14-10-15-22-44)36-52(37-51)58-39-49(33-34-66-58)46-29-27-45(28-30-46)43-19-12-9-13-20-43/h9-42,69H,1-8H3/i11D,16D,17D,23D,24D,42D. The van der Waals surface area contributed by atoms with Crippen molar-refractivity contribution in [3.63, 3.8) is 0 Å². The van der Waals surface area contributed by atoms with Crippen LogP contribution in [-0.2, 0) is 10.8 Å². The molecule has 0 bridgehead atoms. The monoisotopic (exact) mass is 904 g/mol. The molecule has 0 aliphatic carbocycles. The minimum absolute atomic E-state index is 0.00354. The fraction of sp³-hybridized carbons (Fsp3) is 0.169. The molecule has 0 aliphatic rings. The zero-order chi connectivity index (χ0) is 53.3. The molecular formula is C65H59N3O. The average molecular weight is 904 g/mol. The smallest absolute Gasteiger partial charge is 0.149 e. The molecule has 0 spiro atoms. The van der Waals surface area contributed by atoms with E-state index >= 15 is 0 Å². The molecule has 0 radical (unpaired) electrons. The molecule has 0 aliphatic heterocycles. The van der Waals surface area contributed by atoms with Gasteiger partial charge in [-0.2, -0.15) is 0 Å². The second kappa shape index (κ2) is 18.0. The Morgan fingerprint density at radius 2 is 1.14 bits per heavy atom. The number of imidazole rings is 1. The first-order valence-electron chi connectivity index (χ1n) is 26.5. The molecule has 0 saturated heterocycles. The molecule has 0 unspecified atom stereocenters. The van der Waals surface area contributed by atoms with Crippen LogP contribution in [0.25, 0.3) is 95.0 Å². The van der Waals surface area contributed by atoms with E-state index in [1.807, 2.05) is 89.6 Å². The zero-order valence-electron chi connectivity index (χ0n) is 46.5. The van der Waals surface area contributed by atoms with Gasteiger partial charge in [0.2, 0.25) is 0 Å². The van der Waals surface area contributed by atoms with Crippen molar-refractivity contribution in [3.05, 3.63) is 217 Å². The number of para-hydroxylation sites is 1. The predicted octanol–water partition coefficient (Wildman–Crippen LogP) is 17.5. The van der Waals surface area contributed by atoms with E-state index in [0.29, 0.717) is 39.2 Å². The maximum Gasteiger partial charge on any atom is 0.149 e. The van der Waals surface area contributed by atoms with Crippen LogP contribution >= 0.6 is 0 Å². The number of hydrogen-bond donors (Lipinski definition) is 1. The van der Waals surface area contributed by atoms with Crippen LogP contribution in [0.1, 0.15) is 86.2 Å². The van der Waals surface area contributed by atoms with Crippen molar-refractivity contribution in [3.8, 4) is 89.7 Å². The topological polar surface area (TPSA) is 50.9 Å². The van der Waals surface area contributed by atoms with E-state index in [-0.39, 0.29) is 28.8 Å². The maximum absolute atomic E-state index is 12.7. The quantitative estimate of drug-likeness (QED) is 0.157. The molecule has 2 aromatic heterocycles. The Bertz CT molecular complexity index is 3800. The minimum atomic E-state index is -1.11. The van der Waals surface area contributed by atoms with Gasteiger partial charge in [-0.15, -0.1) is 0 Å². The first-order valence-corrected chi connectivity index (χ1v) is 23.5. The average Bonchev–Trinajstić information content (AvgIpc) is 3.80. The van der Waals surface area contributed by atoms with Gasteiger partial charge >= 0.3 is 0 Å². The summed E-state index contributed by atoms with van der Waals surface area (Å²) in [5.41, 5.74) is 13.7. The Morgan fingerprint density at radius 1 is 0.522 bits per heavy atom. The minimum Gasteiger partial charge on any atom is -0.507 e. The third kappa shape index (κ3) is 8.91. The maximum atomic E-state index is 12.7. The lowest BCUT2D eigenvalue weighted by Gasteiger charge is -2.27. The van der Waals surface area contributed by atoms with Crippen molar-refractivity contribution in [2.45, 2.75) is 72.1 Å². The van der Waals surface area contributed by atoms with E-state index in [0.717, 1.165) is 66.9 Å². The number of pyridine rings is 1. The van der Waals surface area contributed by atoms with Crippen LogP contribution < -0.4 is 0 Å². The van der Waals surface area contributed by atoms with E-state index in [9.17, 15) is 7.85 Å². The third-order valence-corrected chi connectivity index (χ3v) is 13.0. The highest BCUT2D eigenvalue weighted by Crippen LogP contribution is 2.46. The lowest BCUT2D eigenvalue weighted by molar-refractivity contribution is 0.446. The molecule has 1 N–H and O–H groups in total. The van der Waals surface area contributed by atoms with Crippen LogP contribution in [0.5, 0.6) is 5.75 Å². The van der Waals surface area contributed by atoms with Crippen LogP contribution in [0.4, 0.5) is 0 Å². The summed E-state index contributed by atoms with van der Waals surface area (Å²) in [6, 6.07) is 53.1. The van der Waals surface area contributed by atoms with Crippen molar-refractivity contribution in [2.75, 3.05) is 0 Å². The van der Waals surface area contributed by atoms with Gasteiger partial charge in [-0.25, -0.2) is 4.98 Å². The van der Waals surface area contributed by atoms with Gasteiger partial charge in [0, 0.05) is 29.8 Å². The van der Waals surface area contributed by atoms with Gasteiger partial charge < -0.3 is 5.11 Å². The van der Waals surface area contributed by atoms with Gasteiger partial charge in [-0.1, -0.05) is 195 Å². The third-order valence-electron chi connectivity index (χ3n) is 13.0. The van der Waals surface area contributed by atoms with Gasteiger partial charge in [0.05, 0.1) is 34.8 Å². The summed E-state index contributed by atoms with van der Waals surface area (Å²) in [5, 5.41) is 12.7. The Balaban J connectivity index is 1.26. The second-order valence-corrected chi connectivity index (χ2v) is 20.1. The van der Waals surface area contributed by atoms with Crippen molar-refractivity contribution < 1.29 is 13.3 Å². The fourth-order valence-corrected chi connectivity index (χ4v) is 9.18. The number of nitrogens with zero attached hydrogens (tertiary/aromatic N) is 3. The summed E-state index contributed by atoms with van der Waals surface area (Å²) < 4.78 is 55.7. The van der Waals surface area contributed by atoms with Crippen LogP contribution in [0.2, 0.25) is 0 Å². The molecule has 0 saturated carbocycles. The predicted molar refractivity (Wildman–Crippen MR) is 290 cm³/mol. The summed E-state index contributed by atoms with van der Waals surface area (Å²) in [4.78, 5) is 10.5. The Kier molecular flexibility index (Phi) is 9.97. The summed E-state index contributed by atoms with van der Waals surface area (Å²) in [7, 11) is 0. The highest BCUT2D eigenvalue weighted by molar-refractivity contribution is 5.98. The largest absolute Gasteiger partial charge is 0.507 e. The van der Waals surface area contributed by atoms with Gasteiger partial charge in [0.1, 0.15) is 11.6 Å². The van der Waals surface area contributed by atoms with Crippen LogP contribution in [0, 0.1) is 0 Å². The summed E-state index contributed by atoms with van der Waals surface area (Å²) >= 11 is 0. The molecule has 340 valence electrons. The zero-order valence-corrected chi connectivity index (χ0v) is 40.5. The summed E-state index contributed by atoms with van der Waals surface area (Å²) in [5.74, 6) is -0.654. The molecule has 0 amide bonds. The number of aromatic nitrogens is 3. The molecule has 2 heterocycles. The van der Waals surface area contributed by atoms with E-state index in [1.165, 1.54) is 0 Å². The van der Waals surface area contributed by atoms with Crippen molar-refractivity contribution in [1.82, 2.24) is 14.5 Å². The van der Waals surface area contributed by atoms with Gasteiger partial charge in [-0.3, -0.25) is 9.55 Å². The molecule has 69 heavy (non-hydrogen) atoms. The normalized spacial score (nSPS) is 13.3. The Hall–Kier alpha value is -7.82. The van der Waals surface area contributed by atoms with E-state index in [2.05, 4.69) is 120 Å². The van der Waals surface area contributed by atoms with Gasteiger partial charge in [0.25, 0.3) is 0 Å². The Morgan fingerprint density at radius 3 is 1.80 bits per heavy atom. The highest BCUT2D eigenvalue weighted by Gasteiger charge is 2.29. The molecular weight excluding hydrogens is 839 g/mol. The first-order chi connectivity index (χ1) is 35.6. The summed E-state index contributed by atoms with van der Waals surface area (Å²) in [6.45, 7) is 16.1. The number of phenolic OH excluding ortho intramolecular Hbond substituents is 1. The number of phenols is 1. The van der Waals surface area contributed by atoms with Crippen LogP contribution in [0.15, 0.2) is 200 Å². The molecule has 8 aromatic carbocycles. The first kappa shape index (κ1) is 38.2. The van der Waals surface area contributed by atoms with E-state index in [4.69, 9.17) is 15.5 Å². The fourth-order valence-electron chi connectivity index (χ4n) is 9.18. The SMILES string of the molecule is [2H]c1c([2H])c([2H])c(-c2cc(C([2H])(C)C)ccc2-n2c(-c3cc(C(C)(C)C)cc(C(C)(C)C)c3O)nc3c(-c4cc(-c5ccccc5)cc(-c5cc(-c6ccc(-c7ccccc7)cc6)ccn5)c4)cccc32)c([2H])c1[2H]. The summed E-state index contributed by atoms with van der Waals surface area (Å²) in [6.07, 6.45) is 1.85. The van der Waals surface area contributed by atoms with Crippen molar-refractivity contribution >= 4 is 11.0 Å². The van der Waals surface area contributed by atoms with Crippen LogP contribution in [0.3, 0.4) is 0 Å². The molecule has 4 heteroatoms. The van der Waals surface area contributed by atoms with Gasteiger partial charge in [0.15, 0.2) is 0 Å². The van der Waals surface area contributed by atoms with E-state index < -0.39 is 29.4 Å². The molecule has 10 aromatic rings. The Labute approximate surface area is 416 Å². The number of aromatic hydroxyl groups is 1. The number of benzene rings is 8. The molecule has 0 atom stereocenters. The molecule has 4 nitrogen and oxygen atoms in total. The second-order valence-electron chi connectivity index (χ2n) is 20.1. The van der Waals surface area contributed by atoms with Gasteiger partial charge in [-0.05, 0) is 127 Å². The number of rotatable bonds is 9. The van der Waals surface area contributed by atoms with Crippen molar-refractivity contribution in [1.29, 1.82) is 0 Å². The lowest BCUT2D eigenvalue weighted by atomic mass is 9.79. The lowest BCUT2D eigenvalue weighted by Crippen LogP contribution is -2.17. The van der Waals surface area contributed by atoms with Crippen molar-refractivity contribution in [2.24, 2.45) is 0 Å². The van der Waals surface area contributed by atoms with E-state index in [1.54, 1.807) is 19.9 Å². The molecule has 10 rings (SSSR count). The highest BCUT2D eigenvalue weighted by atomic mass is 16.3. The molecule has 0 fully saturated rings.